The molecule has 1 heterocycles. The van der Waals surface area contributed by atoms with Gasteiger partial charge >= 0.3 is 0 Å². The van der Waals surface area contributed by atoms with Crippen LogP contribution in [0.4, 0.5) is 0 Å². The molecule has 0 unspecified atom stereocenters. The Hall–Kier alpha value is -1.77. The van der Waals surface area contributed by atoms with Gasteiger partial charge in [0.2, 0.25) is 0 Å². The molecule has 1 aromatic carbocycles. The summed E-state index contributed by atoms with van der Waals surface area (Å²) >= 11 is 0. The molecule has 0 saturated heterocycles. The van der Waals surface area contributed by atoms with Crippen LogP contribution in [0.15, 0.2) is 18.2 Å². The number of benzene rings is 1. The van der Waals surface area contributed by atoms with Crippen LogP contribution in [-0.4, -0.2) is 18.0 Å². The van der Waals surface area contributed by atoms with Gasteiger partial charge in [-0.1, -0.05) is 12.1 Å². The number of aromatic hydroxyl groups is 1. The first kappa shape index (κ1) is 7.86. The quantitative estimate of drug-likeness (QED) is 0.661. The fourth-order valence-electron chi connectivity index (χ4n) is 1.29. The van der Waals surface area contributed by atoms with Gasteiger partial charge in [0, 0.05) is 5.56 Å². The lowest BCUT2D eigenvalue weighted by atomic mass is 10.1. The number of hydrogen-bond acceptors (Lipinski definition) is 3. The predicted molar refractivity (Wildman–Crippen MR) is 48.0 cm³/mol. The molecule has 0 atom stereocenters. The van der Waals surface area contributed by atoms with E-state index in [4.69, 9.17) is 4.74 Å². The molecule has 0 bridgehead atoms. The van der Waals surface area contributed by atoms with Crippen molar-refractivity contribution in [3.8, 4) is 11.5 Å². The van der Waals surface area contributed by atoms with Crippen LogP contribution in [-0.2, 0) is 0 Å². The molecule has 3 heteroatoms. The summed E-state index contributed by atoms with van der Waals surface area (Å²) < 4.78 is 5.20. The van der Waals surface area contributed by atoms with Crippen molar-refractivity contribution in [2.45, 2.75) is 0 Å². The largest absolute Gasteiger partial charge is 0.504 e. The molecule has 13 heavy (non-hydrogen) atoms. The van der Waals surface area contributed by atoms with Gasteiger partial charge in [0.05, 0.1) is 5.56 Å². The summed E-state index contributed by atoms with van der Waals surface area (Å²) in [6, 6.07) is 3.31. The Bertz CT molecular complexity index is 380. The minimum Gasteiger partial charge on any atom is -0.504 e. The van der Waals surface area contributed by atoms with Crippen LogP contribution in [0, 0.1) is 0 Å². The Morgan fingerprint density at radius 2 is 2.31 bits per heavy atom. The van der Waals surface area contributed by atoms with E-state index in [-0.39, 0.29) is 11.3 Å². The van der Waals surface area contributed by atoms with Gasteiger partial charge in [0.1, 0.15) is 6.61 Å². The minimum absolute atomic E-state index is 0.0724. The predicted octanol–water partition coefficient (Wildman–Crippen LogP) is 1.61. The standard InChI is InChI=1S/C10H8O3/c11-6-8-4-3-7-2-1-5-13-10(7)9(8)12/h1-4,6,12H,5H2. The first-order valence-corrected chi connectivity index (χ1v) is 3.93. The van der Waals surface area contributed by atoms with Crippen molar-refractivity contribution in [1.82, 2.24) is 0 Å². The number of ether oxygens (including phenoxy) is 1. The van der Waals surface area contributed by atoms with Crippen LogP contribution in [0.1, 0.15) is 15.9 Å². The Balaban J connectivity index is 2.62. The van der Waals surface area contributed by atoms with E-state index >= 15 is 0 Å². The van der Waals surface area contributed by atoms with Crippen LogP contribution in [0.2, 0.25) is 0 Å². The molecule has 0 amide bonds. The summed E-state index contributed by atoms with van der Waals surface area (Å²) in [6.07, 6.45) is 4.31. The van der Waals surface area contributed by atoms with Crippen LogP contribution >= 0.6 is 0 Å². The molecule has 0 spiro atoms. The molecule has 2 rings (SSSR count). The first-order chi connectivity index (χ1) is 6.33. The van der Waals surface area contributed by atoms with Crippen LogP contribution in [0.5, 0.6) is 11.5 Å². The zero-order chi connectivity index (χ0) is 9.26. The first-order valence-electron chi connectivity index (χ1n) is 3.93. The average molecular weight is 176 g/mol. The molecular formula is C10H8O3. The van der Waals surface area contributed by atoms with Crippen molar-refractivity contribution in [2.24, 2.45) is 0 Å². The normalized spacial score (nSPS) is 13.2. The second-order valence-electron chi connectivity index (χ2n) is 2.75. The average Bonchev–Trinajstić information content (AvgIpc) is 2.19. The maximum atomic E-state index is 10.5. The maximum Gasteiger partial charge on any atom is 0.169 e. The summed E-state index contributed by atoms with van der Waals surface area (Å²) in [4.78, 5) is 10.5. The molecule has 0 fully saturated rings. The molecule has 1 aliphatic rings. The third-order valence-corrected chi connectivity index (χ3v) is 1.94. The zero-order valence-electron chi connectivity index (χ0n) is 6.86. The third kappa shape index (κ3) is 1.18. The smallest absolute Gasteiger partial charge is 0.169 e. The Kier molecular flexibility index (Phi) is 1.77. The number of phenols is 1. The fraction of sp³-hybridized carbons (Fsp3) is 0.100. The molecule has 0 aromatic heterocycles. The number of phenolic OH excluding ortho intramolecular Hbond substituents is 1. The molecule has 1 aromatic rings. The monoisotopic (exact) mass is 176 g/mol. The lowest BCUT2D eigenvalue weighted by Crippen LogP contribution is -2.01. The van der Waals surface area contributed by atoms with Gasteiger partial charge in [-0.15, -0.1) is 0 Å². The second-order valence-corrected chi connectivity index (χ2v) is 2.75. The molecule has 0 aliphatic carbocycles. The van der Waals surface area contributed by atoms with Gasteiger partial charge in [0.25, 0.3) is 0 Å². The summed E-state index contributed by atoms with van der Waals surface area (Å²) in [5.41, 5.74) is 1.06. The van der Waals surface area contributed by atoms with Crippen LogP contribution < -0.4 is 4.74 Å². The number of carbonyl (C=O) groups excluding carboxylic acids is 1. The highest BCUT2D eigenvalue weighted by Gasteiger charge is 2.13. The summed E-state index contributed by atoms with van der Waals surface area (Å²) in [5, 5.41) is 9.54. The van der Waals surface area contributed by atoms with E-state index in [0.29, 0.717) is 18.6 Å². The molecule has 1 aliphatic heterocycles. The molecule has 3 nitrogen and oxygen atoms in total. The lowest BCUT2D eigenvalue weighted by molar-refractivity contribution is 0.112. The number of carbonyl (C=O) groups is 1. The van der Waals surface area contributed by atoms with Gasteiger partial charge in [0.15, 0.2) is 17.8 Å². The van der Waals surface area contributed by atoms with Gasteiger partial charge in [-0.25, -0.2) is 0 Å². The third-order valence-electron chi connectivity index (χ3n) is 1.94. The number of rotatable bonds is 1. The fourth-order valence-corrected chi connectivity index (χ4v) is 1.29. The second kappa shape index (κ2) is 2.94. The molecule has 0 saturated carbocycles. The summed E-state index contributed by atoms with van der Waals surface area (Å²) in [5.74, 6) is 0.323. The van der Waals surface area contributed by atoms with Crippen molar-refractivity contribution in [3.05, 3.63) is 29.3 Å². The van der Waals surface area contributed by atoms with E-state index in [9.17, 15) is 9.90 Å². The Morgan fingerprint density at radius 3 is 3.08 bits per heavy atom. The van der Waals surface area contributed by atoms with E-state index < -0.39 is 0 Å². The van der Waals surface area contributed by atoms with Crippen LogP contribution in [0.3, 0.4) is 0 Å². The van der Waals surface area contributed by atoms with E-state index in [1.165, 1.54) is 0 Å². The molecule has 66 valence electrons. The van der Waals surface area contributed by atoms with Gasteiger partial charge in [-0.05, 0) is 12.1 Å². The van der Waals surface area contributed by atoms with E-state index in [1.807, 2.05) is 12.2 Å². The molecule has 1 N–H and O–H groups in total. The minimum atomic E-state index is -0.0724. The van der Waals surface area contributed by atoms with Crippen molar-refractivity contribution in [2.75, 3.05) is 6.61 Å². The Morgan fingerprint density at radius 1 is 1.46 bits per heavy atom. The Labute approximate surface area is 75.3 Å². The van der Waals surface area contributed by atoms with Crippen molar-refractivity contribution in [1.29, 1.82) is 0 Å². The van der Waals surface area contributed by atoms with E-state index in [0.717, 1.165) is 5.56 Å². The molecule has 0 radical (unpaired) electrons. The van der Waals surface area contributed by atoms with E-state index in [2.05, 4.69) is 0 Å². The highest BCUT2D eigenvalue weighted by molar-refractivity contribution is 5.83. The number of fused-ring (bicyclic) bond motifs is 1. The van der Waals surface area contributed by atoms with Gasteiger partial charge < -0.3 is 9.84 Å². The highest BCUT2D eigenvalue weighted by atomic mass is 16.5. The highest BCUT2D eigenvalue weighted by Crippen LogP contribution is 2.35. The van der Waals surface area contributed by atoms with Crippen molar-refractivity contribution >= 4 is 12.4 Å². The maximum absolute atomic E-state index is 10.5. The SMILES string of the molecule is O=Cc1ccc2c(c1O)OCC=C2. The topological polar surface area (TPSA) is 46.5 Å². The molecular weight excluding hydrogens is 168 g/mol. The lowest BCUT2D eigenvalue weighted by Gasteiger charge is -2.14. The van der Waals surface area contributed by atoms with E-state index in [1.54, 1.807) is 12.1 Å². The van der Waals surface area contributed by atoms with Crippen molar-refractivity contribution in [3.63, 3.8) is 0 Å². The number of hydrogen-bond donors (Lipinski definition) is 1. The van der Waals surface area contributed by atoms with Gasteiger partial charge in [-0.2, -0.15) is 0 Å². The van der Waals surface area contributed by atoms with Gasteiger partial charge in [-0.3, -0.25) is 4.79 Å². The van der Waals surface area contributed by atoms with Crippen LogP contribution in [0.25, 0.3) is 6.08 Å². The summed E-state index contributed by atoms with van der Waals surface area (Å²) in [6.45, 7) is 0.433. The number of aldehydes is 1. The zero-order valence-corrected chi connectivity index (χ0v) is 6.86. The van der Waals surface area contributed by atoms with Crippen molar-refractivity contribution < 1.29 is 14.6 Å². The summed E-state index contributed by atoms with van der Waals surface area (Å²) in [7, 11) is 0.